The monoisotopic (exact) mass is 446 g/mol. The number of aromatic nitrogens is 1. The molecular formula is C22H26N2O6S. The average molecular weight is 447 g/mol. The van der Waals surface area contributed by atoms with Crippen LogP contribution < -0.4 is 0 Å². The number of ketones is 1. The number of Topliss-reactive ketones (excluding diaryl/α,β-unsaturated/α-hetero) is 1. The first kappa shape index (κ1) is 21.7. The normalized spacial score (nSPS) is 17.5. The fourth-order valence-electron chi connectivity index (χ4n) is 3.81. The Bertz CT molecular complexity index is 1110. The summed E-state index contributed by atoms with van der Waals surface area (Å²) in [7, 11) is -3.63. The van der Waals surface area contributed by atoms with Gasteiger partial charge in [-0.1, -0.05) is 6.07 Å². The first-order valence-corrected chi connectivity index (χ1v) is 11.8. The molecule has 1 aromatic carbocycles. The Labute approximate surface area is 181 Å². The first-order chi connectivity index (χ1) is 14.8. The molecule has 8 nitrogen and oxygen atoms in total. The molecule has 0 spiro atoms. The zero-order chi connectivity index (χ0) is 22.2. The van der Waals surface area contributed by atoms with Crippen molar-refractivity contribution < 1.29 is 27.5 Å². The van der Waals surface area contributed by atoms with E-state index < -0.39 is 10.0 Å². The number of sulfonamides is 1. The molecule has 0 atom stereocenters. The van der Waals surface area contributed by atoms with Gasteiger partial charge >= 0.3 is 5.97 Å². The smallest absolute Gasteiger partial charge is 0.309 e. The molecule has 2 aliphatic rings. The molecule has 2 fully saturated rings. The molecule has 166 valence electrons. The highest BCUT2D eigenvalue weighted by Crippen LogP contribution is 2.30. The predicted octanol–water partition coefficient (Wildman–Crippen LogP) is 2.25. The number of carbonyl (C=O) groups is 2. The maximum atomic E-state index is 13.0. The highest BCUT2D eigenvalue weighted by atomic mass is 32.2. The van der Waals surface area contributed by atoms with Gasteiger partial charge in [-0.15, -0.1) is 0 Å². The Morgan fingerprint density at radius 2 is 1.84 bits per heavy atom. The van der Waals surface area contributed by atoms with Crippen molar-refractivity contribution in [1.29, 1.82) is 0 Å². The van der Waals surface area contributed by atoms with E-state index >= 15 is 0 Å². The van der Waals surface area contributed by atoms with Gasteiger partial charge in [-0.05, 0) is 51.0 Å². The molecule has 1 aliphatic carbocycles. The number of carbonyl (C=O) groups excluding carboxylic acids is 2. The summed E-state index contributed by atoms with van der Waals surface area (Å²) in [4.78, 5) is 24.6. The summed E-state index contributed by atoms with van der Waals surface area (Å²) in [5.74, 6) is -0.648. The molecule has 0 unspecified atom stereocenters. The van der Waals surface area contributed by atoms with Gasteiger partial charge in [0.25, 0.3) is 0 Å². The standard InChI is InChI=1S/C22H26N2O6S/c1-15-12-20(21(25)14-30-22(26)17-6-7-17)16(2)24(15)18-4-3-5-19(13-18)31(27,28)23-8-10-29-11-9-23/h3-5,12-13,17H,6-11,14H2,1-2H3. The number of esters is 1. The van der Waals surface area contributed by atoms with Crippen molar-refractivity contribution in [2.75, 3.05) is 32.9 Å². The van der Waals surface area contributed by atoms with Gasteiger partial charge in [-0.3, -0.25) is 9.59 Å². The highest BCUT2D eigenvalue weighted by molar-refractivity contribution is 7.89. The molecule has 1 aliphatic heterocycles. The van der Waals surface area contributed by atoms with Gasteiger partial charge in [-0.25, -0.2) is 8.42 Å². The van der Waals surface area contributed by atoms with Gasteiger partial charge < -0.3 is 14.0 Å². The van der Waals surface area contributed by atoms with E-state index in [1.165, 1.54) is 4.31 Å². The van der Waals surface area contributed by atoms with Crippen LogP contribution in [0.1, 0.15) is 34.6 Å². The van der Waals surface area contributed by atoms with E-state index in [-0.39, 0.29) is 29.2 Å². The van der Waals surface area contributed by atoms with Crippen LogP contribution in [0.2, 0.25) is 0 Å². The number of hydrogen-bond donors (Lipinski definition) is 0. The Balaban J connectivity index is 1.59. The third-order valence-corrected chi connectivity index (χ3v) is 7.57. The van der Waals surface area contributed by atoms with E-state index in [1.54, 1.807) is 37.3 Å². The van der Waals surface area contributed by atoms with Gasteiger partial charge in [0.15, 0.2) is 6.61 Å². The molecule has 9 heteroatoms. The molecule has 1 saturated carbocycles. The fraction of sp³-hybridized carbons (Fsp3) is 0.455. The zero-order valence-electron chi connectivity index (χ0n) is 17.7. The highest BCUT2D eigenvalue weighted by Gasteiger charge is 2.32. The SMILES string of the molecule is Cc1cc(C(=O)COC(=O)C2CC2)c(C)n1-c1cccc(S(=O)(=O)N2CCOCC2)c1. The molecule has 1 aromatic heterocycles. The van der Waals surface area contributed by atoms with E-state index in [0.29, 0.717) is 43.2 Å². The average Bonchev–Trinajstić information content (AvgIpc) is 3.57. The van der Waals surface area contributed by atoms with Crippen LogP contribution in [0.15, 0.2) is 35.2 Å². The summed E-state index contributed by atoms with van der Waals surface area (Å²) in [6.45, 7) is 4.77. The van der Waals surface area contributed by atoms with Crippen molar-refractivity contribution in [3.05, 3.63) is 47.3 Å². The zero-order valence-corrected chi connectivity index (χ0v) is 18.5. The molecule has 1 saturated heterocycles. The van der Waals surface area contributed by atoms with Gasteiger partial charge in [0.2, 0.25) is 15.8 Å². The molecule has 0 N–H and O–H groups in total. The topological polar surface area (TPSA) is 94.9 Å². The first-order valence-electron chi connectivity index (χ1n) is 10.4. The Morgan fingerprint density at radius 3 is 2.52 bits per heavy atom. The Kier molecular flexibility index (Phi) is 6.00. The molecule has 0 amide bonds. The summed E-state index contributed by atoms with van der Waals surface area (Å²) in [6, 6.07) is 8.43. The lowest BCUT2D eigenvalue weighted by Crippen LogP contribution is -2.40. The summed E-state index contributed by atoms with van der Waals surface area (Å²) in [6.07, 6.45) is 1.65. The minimum Gasteiger partial charge on any atom is -0.457 e. The molecule has 31 heavy (non-hydrogen) atoms. The van der Waals surface area contributed by atoms with E-state index in [2.05, 4.69) is 0 Å². The van der Waals surface area contributed by atoms with E-state index in [4.69, 9.17) is 9.47 Å². The molecule has 0 radical (unpaired) electrons. The lowest BCUT2D eigenvalue weighted by atomic mass is 10.1. The minimum atomic E-state index is -3.63. The number of ether oxygens (including phenoxy) is 2. The summed E-state index contributed by atoms with van der Waals surface area (Å²) in [5, 5.41) is 0. The van der Waals surface area contributed by atoms with Crippen molar-refractivity contribution in [3.8, 4) is 5.69 Å². The van der Waals surface area contributed by atoms with E-state index in [1.807, 2.05) is 11.5 Å². The van der Waals surface area contributed by atoms with Crippen LogP contribution >= 0.6 is 0 Å². The second-order valence-electron chi connectivity index (χ2n) is 7.94. The summed E-state index contributed by atoms with van der Waals surface area (Å²) in [5.41, 5.74) is 2.57. The minimum absolute atomic E-state index is 0.0589. The van der Waals surface area contributed by atoms with Crippen LogP contribution in [-0.2, 0) is 24.3 Å². The number of aryl methyl sites for hydroxylation is 1. The van der Waals surface area contributed by atoms with Crippen molar-refractivity contribution in [2.45, 2.75) is 31.6 Å². The van der Waals surface area contributed by atoms with Gasteiger partial charge in [-0.2, -0.15) is 4.31 Å². The summed E-state index contributed by atoms with van der Waals surface area (Å²) >= 11 is 0. The molecule has 4 rings (SSSR count). The second kappa shape index (κ2) is 8.57. The van der Waals surface area contributed by atoms with Crippen LogP contribution in [-0.4, -0.2) is 62.0 Å². The third kappa shape index (κ3) is 4.44. The molecule has 0 bridgehead atoms. The van der Waals surface area contributed by atoms with Crippen LogP contribution in [0.3, 0.4) is 0 Å². The summed E-state index contributed by atoms with van der Waals surface area (Å²) < 4.78 is 39.7. The largest absolute Gasteiger partial charge is 0.457 e. The fourth-order valence-corrected chi connectivity index (χ4v) is 5.26. The van der Waals surface area contributed by atoms with Crippen molar-refractivity contribution in [2.24, 2.45) is 5.92 Å². The molecular weight excluding hydrogens is 420 g/mol. The maximum Gasteiger partial charge on any atom is 0.309 e. The van der Waals surface area contributed by atoms with Crippen molar-refractivity contribution >= 4 is 21.8 Å². The van der Waals surface area contributed by atoms with Crippen LogP contribution in [0.25, 0.3) is 5.69 Å². The van der Waals surface area contributed by atoms with Crippen LogP contribution in [0, 0.1) is 19.8 Å². The number of hydrogen-bond acceptors (Lipinski definition) is 6. The van der Waals surface area contributed by atoms with Crippen molar-refractivity contribution in [3.63, 3.8) is 0 Å². The lowest BCUT2D eigenvalue weighted by molar-refractivity contribution is -0.144. The quantitative estimate of drug-likeness (QED) is 0.478. The number of nitrogens with zero attached hydrogens (tertiary/aromatic N) is 2. The number of benzene rings is 1. The van der Waals surface area contributed by atoms with Crippen LogP contribution in [0.4, 0.5) is 0 Å². The predicted molar refractivity (Wildman–Crippen MR) is 113 cm³/mol. The van der Waals surface area contributed by atoms with Gasteiger partial charge in [0.1, 0.15) is 0 Å². The van der Waals surface area contributed by atoms with Crippen LogP contribution in [0.5, 0.6) is 0 Å². The Morgan fingerprint density at radius 1 is 1.13 bits per heavy atom. The third-order valence-electron chi connectivity index (χ3n) is 5.67. The van der Waals surface area contributed by atoms with Crippen molar-refractivity contribution in [1.82, 2.24) is 8.87 Å². The number of morpholine rings is 1. The maximum absolute atomic E-state index is 13.0. The Hall–Kier alpha value is -2.49. The number of rotatable bonds is 7. The molecule has 2 aromatic rings. The molecule has 2 heterocycles. The van der Waals surface area contributed by atoms with Gasteiger partial charge in [0, 0.05) is 35.7 Å². The van der Waals surface area contributed by atoms with E-state index in [0.717, 1.165) is 18.5 Å². The lowest BCUT2D eigenvalue weighted by Gasteiger charge is -2.26. The van der Waals surface area contributed by atoms with Gasteiger partial charge in [0.05, 0.1) is 24.0 Å². The second-order valence-corrected chi connectivity index (χ2v) is 9.88. The van der Waals surface area contributed by atoms with E-state index in [9.17, 15) is 18.0 Å².